The molecule has 15 heavy (non-hydrogen) atoms. The standard InChI is InChI=1S/C12H16O3/c1-2-5-10-6-3-4-7-12(10)15-9-11(14)8-13/h2-4,6-7,11,13-14H,1,5,8-9H2/t11-/m1/s1. The van der Waals surface area contributed by atoms with E-state index < -0.39 is 6.10 Å². The molecule has 82 valence electrons. The van der Waals surface area contributed by atoms with Crippen LogP contribution in [-0.4, -0.2) is 29.5 Å². The lowest BCUT2D eigenvalue weighted by molar-refractivity contribution is 0.0533. The highest BCUT2D eigenvalue weighted by atomic mass is 16.5. The van der Waals surface area contributed by atoms with E-state index in [1.54, 1.807) is 6.08 Å². The van der Waals surface area contributed by atoms with Gasteiger partial charge in [0, 0.05) is 0 Å². The van der Waals surface area contributed by atoms with Gasteiger partial charge >= 0.3 is 0 Å². The number of aliphatic hydroxyl groups is 2. The van der Waals surface area contributed by atoms with Crippen LogP contribution in [0.2, 0.25) is 0 Å². The Morgan fingerprint density at radius 2 is 2.13 bits per heavy atom. The van der Waals surface area contributed by atoms with Gasteiger partial charge in [-0.05, 0) is 18.1 Å². The highest BCUT2D eigenvalue weighted by Gasteiger charge is 2.05. The second-order valence-electron chi connectivity index (χ2n) is 3.25. The predicted octanol–water partition coefficient (Wildman–Crippen LogP) is 1.15. The Labute approximate surface area is 89.6 Å². The third-order valence-electron chi connectivity index (χ3n) is 1.98. The lowest BCUT2D eigenvalue weighted by Crippen LogP contribution is -2.21. The largest absolute Gasteiger partial charge is 0.491 e. The first-order chi connectivity index (χ1) is 7.27. The number of rotatable bonds is 6. The molecule has 0 unspecified atom stereocenters. The average molecular weight is 208 g/mol. The minimum absolute atomic E-state index is 0.102. The molecule has 3 nitrogen and oxygen atoms in total. The summed E-state index contributed by atoms with van der Waals surface area (Å²) < 4.78 is 5.38. The van der Waals surface area contributed by atoms with Crippen LogP contribution in [0.4, 0.5) is 0 Å². The molecule has 1 aromatic carbocycles. The van der Waals surface area contributed by atoms with E-state index >= 15 is 0 Å². The second kappa shape index (κ2) is 6.22. The smallest absolute Gasteiger partial charge is 0.122 e. The maximum absolute atomic E-state index is 9.14. The molecule has 2 N–H and O–H groups in total. The van der Waals surface area contributed by atoms with Crippen LogP contribution in [0.3, 0.4) is 0 Å². The SMILES string of the molecule is C=CCc1ccccc1OC[C@H](O)CO. The predicted molar refractivity (Wildman–Crippen MR) is 58.9 cm³/mol. The van der Waals surface area contributed by atoms with Crippen LogP contribution in [-0.2, 0) is 6.42 Å². The number of para-hydroxylation sites is 1. The monoisotopic (exact) mass is 208 g/mol. The van der Waals surface area contributed by atoms with Gasteiger partial charge in [-0.3, -0.25) is 0 Å². The molecule has 0 spiro atoms. The van der Waals surface area contributed by atoms with Gasteiger partial charge in [-0.1, -0.05) is 24.3 Å². The van der Waals surface area contributed by atoms with E-state index in [0.717, 1.165) is 17.7 Å². The van der Waals surface area contributed by atoms with E-state index in [1.165, 1.54) is 0 Å². The van der Waals surface area contributed by atoms with Crippen LogP contribution in [0.1, 0.15) is 5.56 Å². The molecule has 3 heteroatoms. The quantitative estimate of drug-likeness (QED) is 0.689. The third-order valence-corrected chi connectivity index (χ3v) is 1.98. The molecule has 1 atom stereocenters. The number of hydrogen-bond acceptors (Lipinski definition) is 3. The molecule has 0 heterocycles. The molecule has 0 bridgehead atoms. The van der Waals surface area contributed by atoms with E-state index in [-0.39, 0.29) is 13.2 Å². The van der Waals surface area contributed by atoms with Crippen LogP contribution in [0.5, 0.6) is 5.75 Å². The summed E-state index contributed by atoms with van der Waals surface area (Å²) in [5.74, 6) is 0.727. The van der Waals surface area contributed by atoms with Gasteiger partial charge in [0.25, 0.3) is 0 Å². The van der Waals surface area contributed by atoms with Crippen molar-refractivity contribution in [1.82, 2.24) is 0 Å². The van der Waals surface area contributed by atoms with Crippen LogP contribution in [0.25, 0.3) is 0 Å². The highest BCUT2D eigenvalue weighted by Crippen LogP contribution is 2.18. The average Bonchev–Trinajstić information content (AvgIpc) is 2.28. The Morgan fingerprint density at radius 1 is 1.40 bits per heavy atom. The van der Waals surface area contributed by atoms with Crippen molar-refractivity contribution in [2.45, 2.75) is 12.5 Å². The minimum atomic E-state index is -0.832. The number of hydrogen-bond donors (Lipinski definition) is 2. The van der Waals surface area contributed by atoms with Crippen LogP contribution in [0.15, 0.2) is 36.9 Å². The summed E-state index contributed by atoms with van der Waals surface area (Å²) in [6.07, 6.45) is 1.69. The van der Waals surface area contributed by atoms with Gasteiger partial charge in [-0.25, -0.2) is 0 Å². The molecule has 0 fully saturated rings. The van der Waals surface area contributed by atoms with Crippen LogP contribution < -0.4 is 4.74 Å². The number of benzene rings is 1. The van der Waals surface area contributed by atoms with Crippen LogP contribution in [0, 0.1) is 0 Å². The molecule has 0 amide bonds. The summed E-state index contributed by atoms with van der Waals surface area (Å²) in [6.45, 7) is 3.48. The van der Waals surface area contributed by atoms with Crippen molar-refractivity contribution < 1.29 is 14.9 Å². The molecular weight excluding hydrogens is 192 g/mol. The summed E-state index contributed by atoms with van der Waals surface area (Å²) in [6, 6.07) is 7.58. The number of aliphatic hydroxyl groups excluding tert-OH is 2. The Hall–Kier alpha value is -1.32. The Bertz CT molecular complexity index is 309. The van der Waals surface area contributed by atoms with Gasteiger partial charge < -0.3 is 14.9 Å². The first kappa shape index (κ1) is 11.8. The molecule has 1 rings (SSSR count). The molecule has 0 aromatic heterocycles. The molecule has 0 aliphatic carbocycles. The Morgan fingerprint density at radius 3 is 2.80 bits per heavy atom. The summed E-state index contributed by atoms with van der Waals surface area (Å²) in [7, 11) is 0. The zero-order valence-corrected chi connectivity index (χ0v) is 8.60. The number of allylic oxidation sites excluding steroid dienone is 1. The van der Waals surface area contributed by atoms with E-state index in [2.05, 4.69) is 6.58 Å². The maximum atomic E-state index is 9.14. The van der Waals surface area contributed by atoms with Gasteiger partial charge in [-0.15, -0.1) is 6.58 Å². The van der Waals surface area contributed by atoms with Gasteiger partial charge in [0.05, 0.1) is 6.61 Å². The molecule has 1 aromatic rings. The maximum Gasteiger partial charge on any atom is 0.122 e. The van der Waals surface area contributed by atoms with E-state index in [4.69, 9.17) is 14.9 Å². The minimum Gasteiger partial charge on any atom is -0.491 e. The first-order valence-corrected chi connectivity index (χ1v) is 4.88. The second-order valence-corrected chi connectivity index (χ2v) is 3.25. The van der Waals surface area contributed by atoms with E-state index in [0.29, 0.717) is 0 Å². The third kappa shape index (κ3) is 3.73. The van der Waals surface area contributed by atoms with Crippen LogP contribution >= 0.6 is 0 Å². The Kier molecular flexibility index (Phi) is 4.87. The molecule has 0 aliphatic heterocycles. The van der Waals surface area contributed by atoms with E-state index in [9.17, 15) is 0 Å². The topological polar surface area (TPSA) is 49.7 Å². The normalized spacial score (nSPS) is 12.1. The van der Waals surface area contributed by atoms with Gasteiger partial charge in [-0.2, -0.15) is 0 Å². The summed E-state index contributed by atoms with van der Waals surface area (Å²) in [5.41, 5.74) is 1.03. The van der Waals surface area contributed by atoms with Crippen molar-refractivity contribution in [2.24, 2.45) is 0 Å². The van der Waals surface area contributed by atoms with Crippen molar-refractivity contribution >= 4 is 0 Å². The first-order valence-electron chi connectivity index (χ1n) is 4.88. The number of ether oxygens (including phenoxy) is 1. The van der Waals surface area contributed by atoms with E-state index in [1.807, 2.05) is 24.3 Å². The Balaban J connectivity index is 2.62. The summed E-state index contributed by atoms with van der Waals surface area (Å²) in [4.78, 5) is 0. The zero-order valence-electron chi connectivity index (χ0n) is 8.60. The van der Waals surface area contributed by atoms with Gasteiger partial charge in [0.15, 0.2) is 0 Å². The lowest BCUT2D eigenvalue weighted by atomic mass is 10.1. The molecular formula is C12H16O3. The molecule has 0 saturated heterocycles. The van der Waals surface area contributed by atoms with Crippen molar-refractivity contribution in [3.05, 3.63) is 42.5 Å². The zero-order chi connectivity index (χ0) is 11.1. The fourth-order valence-electron chi connectivity index (χ4n) is 1.21. The summed E-state index contributed by atoms with van der Waals surface area (Å²) in [5, 5.41) is 17.8. The van der Waals surface area contributed by atoms with Crippen molar-refractivity contribution in [3.8, 4) is 5.75 Å². The van der Waals surface area contributed by atoms with Gasteiger partial charge in [0.1, 0.15) is 18.5 Å². The fourth-order valence-corrected chi connectivity index (χ4v) is 1.21. The van der Waals surface area contributed by atoms with Gasteiger partial charge in [0.2, 0.25) is 0 Å². The highest BCUT2D eigenvalue weighted by molar-refractivity contribution is 5.34. The molecule has 0 radical (unpaired) electrons. The summed E-state index contributed by atoms with van der Waals surface area (Å²) >= 11 is 0. The fraction of sp³-hybridized carbons (Fsp3) is 0.333. The molecule has 0 aliphatic rings. The van der Waals surface area contributed by atoms with Crippen molar-refractivity contribution in [2.75, 3.05) is 13.2 Å². The van der Waals surface area contributed by atoms with Crippen molar-refractivity contribution in [3.63, 3.8) is 0 Å². The lowest BCUT2D eigenvalue weighted by Gasteiger charge is -2.12. The van der Waals surface area contributed by atoms with Crippen molar-refractivity contribution in [1.29, 1.82) is 0 Å². The molecule has 0 saturated carbocycles.